The molecular weight excluding hydrogens is 546 g/mol. The van der Waals surface area contributed by atoms with Crippen LogP contribution < -0.4 is 16.0 Å². The van der Waals surface area contributed by atoms with E-state index in [9.17, 15) is 9.59 Å². The average Bonchev–Trinajstić information content (AvgIpc) is 3.27. The van der Waals surface area contributed by atoms with Crippen LogP contribution in [0.3, 0.4) is 0 Å². The molecule has 2 aromatic heterocycles. The van der Waals surface area contributed by atoms with Gasteiger partial charge in [0.2, 0.25) is 0 Å². The van der Waals surface area contributed by atoms with Gasteiger partial charge in [-0.3, -0.25) is 0 Å². The summed E-state index contributed by atoms with van der Waals surface area (Å²) >= 11 is 0. The normalized spacial score (nSPS) is 17.2. The van der Waals surface area contributed by atoms with Crippen LogP contribution in [0, 0.1) is 0 Å². The Balaban J connectivity index is 1.79. The summed E-state index contributed by atoms with van der Waals surface area (Å²) in [5.74, 6) is 1.13. The highest BCUT2D eigenvalue weighted by atomic mass is 16.6. The van der Waals surface area contributed by atoms with Gasteiger partial charge >= 0.3 is 12.2 Å². The molecule has 0 aliphatic carbocycles. The van der Waals surface area contributed by atoms with Crippen LogP contribution in [0.5, 0.6) is 0 Å². The minimum atomic E-state index is -0.740. The van der Waals surface area contributed by atoms with E-state index in [1.54, 1.807) is 45.9 Å². The summed E-state index contributed by atoms with van der Waals surface area (Å²) in [6, 6.07) is 8.76. The molecule has 3 N–H and O–H groups in total. The molecule has 1 atom stereocenters. The van der Waals surface area contributed by atoms with Gasteiger partial charge in [-0.2, -0.15) is 9.61 Å². The zero-order valence-electron chi connectivity index (χ0n) is 27.2. The number of rotatable bonds is 5. The van der Waals surface area contributed by atoms with Crippen molar-refractivity contribution in [2.24, 2.45) is 0 Å². The summed E-state index contributed by atoms with van der Waals surface area (Å²) in [5, 5.41) is 8.19. The summed E-state index contributed by atoms with van der Waals surface area (Å²) in [6.45, 7) is 19.8. The Labute approximate surface area is 254 Å². The molecule has 4 rings (SSSR count). The standard InChI is InChI=1S/C32H47N7O4/c1-20(2)24-18-34-39-26(38(29(41)43-31(6,7)8)23-13-11-12-21(33)16-23)17-25(36-27(24)39)35-22-14-15-32(9,10)37(19-22)28(40)42-30(3,4)5/h11-13,16-18,20,22H,14-15,19,33H2,1-10H3,(H,35,36)/t22-/m0/s1. The molecule has 11 heteroatoms. The zero-order valence-corrected chi connectivity index (χ0v) is 27.2. The first-order chi connectivity index (χ1) is 19.8. The van der Waals surface area contributed by atoms with Crippen molar-refractivity contribution in [3.63, 3.8) is 0 Å². The smallest absolute Gasteiger partial charge is 0.420 e. The number of fused-ring (bicyclic) bond motifs is 1. The van der Waals surface area contributed by atoms with E-state index < -0.39 is 17.3 Å². The summed E-state index contributed by atoms with van der Waals surface area (Å²) in [4.78, 5) is 35.2. The molecule has 3 heterocycles. The van der Waals surface area contributed by atoms with Gasteiger partial charge in [-0.05, 0) is 92.3 Å². The Morgan fingerprint density at radius 3 is 2.37 bits per heavy atom. The maximum absolute atomic E-state index is 13.8. The molecule has 0 unspecified atom stereocenters. The first-order valence-electron chi connectivity index (χ1n) is 14.9. The molecule has 3 aromatic rings. The van der Waals surface area contributed by atoms with Gasteiger partial charge in [-0.25, -0.2) is 19.5 Å². The average molecular weight is 594 g/mol. The number of hydrogen-bond donors (Lipinski definition) is 2. The number of nitrogens with two attached hydrogens (primary N) is 1. The van der Waals surface area contributed by atoms with Gasteiger partial charge in [0, 0.05) is 35.4 Å². The van der Waals surface area contributed by atoms with Gasteiger partial charge in [-0.1, -0.05) is 19.9 Å². The predicted molar refractivity (Wildman–Crippen MR) is 170 cm³/mol. The molecule has 2 amide bonds. The van der Waals surface area contributed by atoms with Crippen LogP contribution in [0.1, 0.15) is 93.6 Å². The summed E-state index contributed by atoms with van der Waals surface area (Å²) < 4.78 is 13.2. The lowest BCUT2D eigenvalue weighted by Gasteiger charge is -2.45. The molecule has 0 spiro atoms. The highest BCUT2D eigenvalue weighted by Gasteiger charge is 2.40. The van der Waals surface area contributed by atoms with Crippen LogP contribution in [-0.2, 0) is 9.47 Å². The van der Waals surface area contributed by atoms with Crippen molar-refractivity contribution < 1.29 is 19.1 Å². The molecule has 0 radical (unpaired) electrons. The molecule has 0 bridgehead atoms. The fourth-order valence-electron chi connectivity index (χ4n) is 5.09. The summed E-state index contributed by atoms with van der Waals surface area (Å²) in [6.07, 6.45) is 2.45. The van der Waals surface area contributed by atoms with Gasteiger partial charge in [0.05, 0.1) is 11.9 Å². The summed E-state index contributed by atoms with van der Waals surface area (Å²) in [5.41, 5.74) is 7.03. The zero-order chi connectivity index (χ0) is 31.9. The second-order valence-corrected chi connectivity index (χ2v) is 14.2. The van der Waals surface area contributed by atoms with Crippen LogP contribution in [0.2, 0.25) is 0 Å². The van der Waals surface area contributed by atoms with Gasteiger partial charge in [-0.15, -0.1) is 0 Å². The van der Waals surface area contributed by atoms with Crippen molar-refractivity contribution in [1.29, 1.82) is 0 Å². The number of aromatic nitrogens is 3. The molecule has 1 fully saturated rings. The van der Waals surface area contributed by atoms with E-state index in [0.29, 0.717) is 35.2 Å². The van der Waals surface area contributed by atoms with E-state index in [0.717, 1.165) is 18.4 Å². The first kappa shape index (κ1) is 31.9. The van der Waals surface area contributed by atoms with Crippen molar-refractivity contribution in [3.05, 3.63) is 42.1 Å². The molecule has 1 saturated heterocycles. The van der Waals surface area contributed by atoms with E-state index in [1.165, 1.54) is 4.90 Å². The highest BCUT2D eigenvalue weighted by Crippen LogP contribution is 2.35. The minimum Gasteiger partial charge on any atom is -0.444 e. The van der Waals surface area contributed by atoms with Gasteiger partial charge < -0.3 is 25.4 Å². The molecule has 11 nitrogen and oxygen atoms in total. The number of hydrogen-bond acceptors (Lipinski definition) is 8. The fourth-order valence-corrected chi connectivity index (χ4v) is 5.09. The van der Waals surface area contributed by atoms with E-state index >= 15 is 0 Å². The maximum atomic E-state index is 13.8. The van der Waals surface area contributed by atoms with Crippen LogP contribution in [-0.4, -0.2) is 61.0 Å². The predicted octanol–water partition coefficient (Wildman–Crippen LogP) is 7.10. The first-order valence-corrected chi connectivity index (χ1v) is 14.9. The van der Waals surface area contributed by atoms with Crippen LogP contribution in [0.15, 0.2) is 36.5 Å². The Hall–Kier alpha value is -4.02. The number of anilines is 4. The minimum absolute atomic E-state index is 0.101. The van der Waals surface area contributed by atoms with Gasteiger partial charge in [0.15, 0.2) is 5.65 Å². The Morgan fingerprint density at radius 1 is 1.09 bits per heavy atom. The second kappa shape index (κ2) is 11.6. The number of nitrogens with zero attached hydrogens (tertiary/aromatic N) is 5. The molecular formula is C32H47N7O4. The third-order valence-electron chi connectivity index (χ3n) is 7.24. The number of carbonyl (C=O) groups is 2. The number of nitrogen functional groups attached to an aromatic ring is 1. The van der Waals surface area contributed by atoms with Crippen molar-refractivity contribution in [2.75, 3.05) is 22.5 Å². The maximum Gasteiger partial charge on any atom is 0.420 e. The largest absolute Gasteiger partial charge is 0.444 e. The van der Waals surface area contributed by atoms with Gasteiger partial charge in [0.1, 0.15) is 22.8 Å². The molecule has 234 valence electrons. The third-order valence-corrected chi connectivity index (χ3v) is 7.24. The van der Waals surface area contributed by atoms with Crippen LogP contribution in [0.25, 0.3) is 5.65 Å². The molecule has 0 saturated carbocycles. The van der Waals surface area contributed by atoms with Crippen LogP contribution in [0.4, 0.5) is 32.6 Å². The molecule has 43 heavy (non-hydrogen) atoms. The lowest BCUT2D eigenvalue weighted by molar-refractivity contribution is -0.00828. The Morgan fingerprint density at radius 2 is 1.77 bits per heavy atom. The molecule has 1 aliphatic heterocycles. The quantitative estimate of drug-likeness (QED) is 0.300. The molecule has 1 aromatic carbocycles. The van der Waals surface area contributed by atoms with Crippen molar-refractivity contribution in [1.82, 2.24) is 19.5 Å². The lowest BCUT2D eigenvalue weighted by atomic mass is 9.88. The number of amides is 2. The molecule has 1 aliphatic rings. The third kappa shape index (κ3) is 7.50. The van der Waals surface area contributed by atoms with Crippen LogP contribution >= 0.6 is 0 Å². The second-order valence-electron chi connectivity index (χ2n) is 14.2. The van der Waals surface area contributed by atoms with Crippen molar-refractivity contribution in [3.8, 4) is 0 Å². The number of carbonyl (C=O) groups excluding carboxylic acids is 2. The Bertz CT molecular complexity index is 1480. The van der Waals surface area contributed by atoms with E-state index in [-0.39, 0.29) is 23.6 Å². The number of ether oxygens (including phenoxy) is 2. The number of nitrogens with one attached hydrogen (secondary N) is 1. The van der Waals surface area contributed by atoms with E-state index in [1.807, 2.05) is 41.5 Å². The number of likely N-dealkylation sites (tertiary alicyclic amines) is 1. The van der Waals surface area contributed by atoms with E-state index in [2.05, 4.69) is 38.1 Å². The van der Waals surface area contributed by atoms with Gasteiger partial charge in [0.25, 0.3) is 0 Å². The number of piperidine rings is 1. The highest BCUT2D eigenvalue weighted by molar-refractivity contribution is 5.96. The Kier molecular flexibility index (Phi) is 8.59. The van der Waals surface area contributed by atoms with Crippen molar-refractivity contribution >= 4 is 40.8 Å². The fraction of sp³-hybridized carbons (Fsp3) is 0.562. The number of benzene rings is 1. The lowest BCUT2D eigenvalue weighted by Crippen LogP contribution is -2.57. The topological polar surface area (TPSA) is 127 Å². The SMILES string of the molecule is CC(C)c1cnn2c(N(C(=O)OC(C)(C)C)c3cccc(N)c3)cc(N[C@H]3CCC(C)(C)N(C(=O)OC(C)(C)C)C3)nc12. The summed E-state index contributed by atoms with van der Waals surface area (Å²) in [7, 11) is 0. The van der Waals surface area contributed by atoms with Crippen molar-refractivity contribution in [2.45, 2.75) is 111 Å². The van der Waals surface area contributed by atoms with E-state index in [4.69, 9.17) is 20.2 Å². The monoisotopic (exact) mass is 593 g/mol.